The number of fused-ring (bicyclic) bond motifs is 1. The Morgan fingerprint density at radius 2 is 2.44 bits per heavy atom. The molecule has 0 radical (unpaired) electrons. The van der Waals surface area contributed by atoms with E-state index >= 15 is 0 Å². The van der Waals surface area contributed by atoms with Crippen molar-refractivity contribution >= 4 is 11.5 Å². The Hall–Kier alpha value is -1.76. The molecule has 1 aliphatic heterocycles. The molecular formula is C9H13N7. The van der Waals surface area contributed by atoms with Crippen molar-refractivity contribution in [2.24, 2.45) is 0 Å². The molecule has 1 atom stereocenters. The van der Waals surface area contributed by atoms with Crippen molar-refractivity contribution < 1.29 is 0 Å². The van der Waals surface area contributed by atoms with Gasteiger partial charge in [-0.1, -0.05) is 0 Å². The highest BCUT2D eigenvalue weighted by Crippen LogP contribution is 2.11. The fourth-order valence-corrected chi connectivity index (χ4v) is 1.96. The molecule has 1 aliphatic rings. The summed E-state index contributed by atoms with van der Waals surface area (Å²) in [7, 11) is 0. The lowest BCUT2D eigenvalue weighted by atomic mass is 10.1. The summed E-state index contributed by atoms with van der Waals surface area (Å²) < 4.78 is 1.67. The number of piperidine rings is 1. The van der Waals surface area contributed by atoms with E-state index in [9.17, 15) is 0 Å². The molecule has 0 aliphatic carbocycles. The minimum Gasteiger partial charge on any atom is -0.365 e. The van der Waals surface area contributed by atoms with E-state index in [1.807, 2.05) is 0 Å². The van der Waals surface area contributed by atoms with Crippen LogP contribution in [0.2, 0.25) is 0 Å². The van der Waals surface area contributed by atoms with Crippen molar-refractivity contribution in [2.75, 3.05) is 18.4 Å². The number of rotatable bonds is 2. The van der Waals surface area contributed by atoms with E-state index in [-0.39, 0.29) is 0 Å². The molecule has 7 heteroatoms. The number of nitrogens with zero attached hydrogens (tertiary/aromatic N) is 5. The van der Waals surface area contributed by atoms with Gasteiger partial charge in [-0.25, -0.2) is 0 Å². The summed E-state index contributed by atoms with van der Waals surface area (Å²) in [6.07, 6.45) is 5.74. The summed E-state index contributed by atoms with van der Waals surface area (Å²) >= 11 is 0. The van der Waals surface area contributed by atoms with Crippen LogP contribution in [0.3, 0.4) is 0 Å². The molecule has 2 aromatic rings. The van der Waals surface area contributed by atoms with Gasteiger partial charge in [-0.05, 0) is 29.8 Å². The van der Waals surface area contributed by atoms with Gasteiger partial charge in [0.05, 0.1) is 12.4 Å². The number of aromatic nitrogens is 5. The summed E-state index contributed by atoms with van der Waals surface area (Å²) in [6, 6.07) is 0.422. The Kier molecular flexibility index (Phi) is 2.37. The molecule has 1 saturated heterocycles. The molecule has 3 rings (SSSR count). The molecule has 0 aromatic carbocycles. The fraction of sp³-hybridized carbons (Fsp3) is 0.556. The maximum Gasteiger partial charge on any atom is 0.199 e. The van der Waals surface area contributed by atoms with Gasteiger partial charge in [-0.3, -0.25) is 4.98 Å². The minimum atomic E-state index is 0.422. The Bertz CT molecular complexity index is 473. The van der Waals surface area contributed by atoms with Gasteiger partial charge < -0.3 is 10.6 Å². The largest absolute Gasteiger partial charge is 0.365 e. The zero-order valence-electron chi connectivity index (χ0n) is 8.80. The van der Waals surface area contributed by atoms with Gasteiger partial charge in [0.2, 0.25) is 0 Å². The summed E-state index contributed by atoms with van der Waals surface area (Å²) in [4.78, 5) is 4.10. The third-order valence-electron chi connectivity index (χ3n) is 2.76. The lowest BCUT2D eigenvalue weighted by Crippen LogP contribution is -2.38. The van der Waals surface area contributed by atoms with E-state index in [1.165, 1.54) is 6.42 Å². The molecule has 0 saturated carbocycles. The zero-order chi connectivity index (χ0) is 10.8. The summed E-state index contributed by atoms with van der Waals surface area (Å²) in [5.41, 5.74) is 0.661. The van der Waals surface area contributed by atoms with Crippen LogP contribution >= 0.6 is 0 Å². The summed E-state index contributed by atoms with van der Waals surface area (Å²) in [5.74, 6) is 0.844. The van der Waals surface area contributed by atoms with E-state index in [2.05, 4.69) is 31.1 Å². The van der Waals surface area contributed by atoms with E-state index in [1.54, 1.807) is 16.9 Å². The van der Waals surface area contributed by atoms with Crippen molar-refractivity contribution in [1.82, 2.24) is 30.3 Å². The van der Waals surface area contributed by atoms with Gasteiger partial charge >= 0.3 is 0 Å². The van der Waals surface area contributed by atoms with Crippen LogP contribution in [-0.2, 0) is 0 Å². The van der Waals surface area contributed by atoms with Crippen LogP contribution in [0.15, 0.2) is 12.4 Å². The lowest BCUT2D eigenvalue weighted by molar-refractivity contribution is 0.478. The monoisotopic (exact) mass is 219 g/mol. The first-order valence-corrected chi connectivity index (χ1v) is 5.43. The van der Waals surface area contributed by atoms with Crippen molar-refractivity contribution in [3.05, 3.63) is 12.4 Å². The quantitative estimate of drug-likeness (QED) is 0.720. The van der Waals surface area contributed by atoms with Gasteiger partial charge in [0.15, 0.2) is 11.5 Å². The molecular weight excluding hydrogens is 206 g/mol. The van der Waals surface area contributed by atoms with Crippen molar-refractivity contribution in [2.45, 2.75) is 18.9 Å². The number of hydrogen-bond donors (Lipinski definition) is 2. The molecule has 0 amide bonds. The zero-order valence-corrected chi connectivity index (χ0v) is 8.80. The fourth-order valence-electron chi connectivity index (χ4n) is 1.96. The summed E-state index contributed by atoms with van der Waals surface area (Å²) in [5, 5.41) is 18.2. The first-order chi connectivity index (χ1) is 7.93. The van der Waals surface area contributed by atoms with Gasteiger partial charge in [-0.15, -0.1) is 5.10 Å². The van der Waals surface area contributed by atoms with Crippen molar-refractivity contribution in [1.29, 1.82) is 0 Å². The molecule has 1 unspecified atom stereocenters. The molecule has 0 bridgehead atoms. The molecule has 3 heterocycles. The van der Waals surface area contributed by atoms with E-state index < -0.39 is 0 Å². The van der Waals surface area contributed by atoms with Crippen molar-refractivity contribution in [3.8, 4) is 0 Å². The Morgan fingerprint density at radius 3 is 3.31 bits per heavy atom. The average molecular weight is 219 g/mol. The highest BCUT2D eigenvalue weighted by molar-refractivity contribution is 5.44. The van der Waals surface area contributed by atoms with Gasteiger partial charge in [0, 0.05) is 12.6 Å². The molecule has 7 nitrogen and oxygen atoms in total. The third kappa shape index (κ3) is 1.69. The van der Waals surface area contributed by atoms with Crippen LogP contribution in [0.4, 0.5) is 5.82 Å². The molecule has 0 spiro atoms. The third-order valence-corrected chi connectivity index (χ3v) is 2.76. The second-order valence-electron chi connectivity index (χ2n) is 3.93. The first-order valence-electron chi connectivity index (χ1n) is 5.43. The maximum atomic E-state index is 4.10. The van der Waals surface area contributed by atoms with E-state index in [0.717, 1.165) is 25.3 Å². The standard InChI is InChI=1S/C9H13N7/c1-2-7(4-10-3-1)12-8-5-11-6-9-13-14-15-16(8)9/h5-7,10,12H,1-4H2. The molecule has 2 N–H and O–H groups in total. The minimum absolute atomic E-state index is 0.422. The van der Waals surface area contributed by atoms with E-state index in [0.29, 0.717) is 11.7 Å². The van der Waals surface area contributed by atoms with Gasteiger partial charge in [0.25, 0.3) is 0 Å². The second-order valence-corrected chi connectivity index (χ2v) is 3.93. The van der Waals surface area contributed by atoms with Crippen LogP contribution in [0.25, 0.3) is 5.65 Å². The normalized spacial score (nSPS) is 21.1. The second kappa shape index (κ2) is 4.01. The Morgan fingerprint density at radius 1 is 1.44 bits per heavy atom. The highest BCUT2D eigenvalue weighted by Gasteiger charge is 2.14. The van der Waals surface area contributed by atoms with Crippen LogP contribution < -0.4 is 10.6 Å². The van der Waals surface area contributed by atoms with Crippen LogP contribution in [-0.4, -0.2) is 44.2 Å². The van der Waals surface area contributed by atoms with Crippen LogP contribution in [0.1, 0.15) is 12.8 Å². The molecule has 16 heavy (non-hydrogen) atoms. The van der Waals surface area contributed by atoms with E-state index in [4.69, 9.17) is 0 Å². The molecule has 1 fully saturated rings. The Labute approximate surface area is 92.3 Å². The topological polar surface area (TPSA) is 80.0 Å². The SMILES string of the molecule is c1ncc2nnnn2c1NC1CCCNC1. The smallest absolute Gasteiger partial charge is 0.199 e. The highest BCUT2D eigenvalue weighted by atomic mass is 15.5. The number of tetrazole rings is 1. The number of hydrogen-bond acceptors (Lipinski definition) is 6. The Balaban J connectivity index is 1.85. The first kappa shape index (κ1) is 9.46. The maximum absolute atomic E-state index is 4.10. The predicted molar refractivity (Wildman–Crippen MR) is 58.1 cm³/mol. The summed E-state index contributed by atoms with van der Waals surface area (Å²) in [6.45, 7) is 2.07. The van der Waals surface area contributed by atoms with Crippen LogP contribution in [0.5, 0.6) is 0 Å². The predicted octanol–water partition coefficient (Wildman–Crippen LogP) is -0.317. The average Bonchev–Trinajstić information content (AvgIpc) is 2.80. The van der Waals surface area contributed by atoms with Crippen molar-refractivity contribution in [3.63, 3.8) is 0 Å². The molecule has 2 aromatic heterocycles. The number of anilines is 1. The van der Waals surface area contributed by atoms with Gasteiger partial charge in [-0.2, -0.15) is 4.52 Å². The number of nitrogens with one attached hydrogen (secondary N) is 2. The lowest BCUT2D eigenvalue weighted by Gasteiger charge is -2.24. The van der Waals surface area contributed by atoms with Gasteiger partial charge in [0.1, 0.15) is 0 Å². The molecule has 84 valence electrons. The van der Waals surface area contributed by atoms with Crippen LogP contribution in [0, 0.1) is 0 Å².